The maximum Gasteiger partial charge on any atom is 0.338 e. The van der Waals surface area contributed by atoms with E-state index in [1.165, 1.54) is 24.1 Å². The van der Waals surface area contributed by atoms with Crippen molar-refractivity contribution in [1.29, 1.82) is 0 Å². The summed E-state index contributed by atoms with van der Waals surface area (Å²) in [5.74, 6) is -1.18. The Balaban J connectivity index is 1.83. The van der Waals surface area contributed by atoms with Gasteiger partial charge in [-0.3, -0.25) is 14.5 Å². The van der Waals surface area contributed by atoms with E-state index in [0.717, 1.165) is 0 Å². The number of methoxy groups -OCH3 is 1. The van der Waals surface area contributed by atoms with Gasteiger partial charge >= 0.3 is 5.97 Å². The molecule has 3 aromatic carbocycles. The Morgan fingerprint density at radius 2 is 1.43 bits per heavy atom. The number of amides is 1. The van der Waals surface area contributed by atoms with E-state index in [1.54, 1.807) is 67.6 Å². The van der Waals surface area contributed by atoms with Crippen LogP contribution in [-0.2, 0) is 14.3 Å². The molecular formula is C29H27NO7. The van der Waals surface area contributed by atoms with Crippen molar-refractivity contribution < 1.29 is 33.7 Å². The Labute approximate surface area is 214 Å². The van der Waals surface area contributed by atoms with Crippen LogP contribution in [0.2, 0.25) is 0 Å². The van der Waals surface area contributed by atoms with E-state index in [-0.39, 0.29) is 17.9 Å². The summed E-state index contributed by atoms with van der Waals surface area (Å²) in [4.78, 5) is 40.0. The van der Waals surface area contributed by atoms with Gasteiger partial charge in [-0.15, -0.1) is 0 Å². The SMILES string of the molecule is CCOC(=O)c1ccc(N2C(=O)C(=O)/C(=C(/O)c3ccc(OCC)cc3)C2c2ccc(OC)cc2)cc1. The van der Waals surface area contributed by atoms with E-state index >= 15 is 0 Å². The molecule has 8 heteroatoms. The molecule has 0 radical (unpaired) electrons. The van der Waals surface area contributed by atoms with Gasteiger partial charge in [0.25, 0.3) is 11.7 Å². The van der Waals surface area contributed by atoms with E-state index in [2.05, 4.69) is 0 Å². The number of ether oxygens (including phenoxy) is 3. The zero-order chi connectivity index (χ0) is 26.5. The standard InChI is InChI=1S/C29H27NO7/c1-4-36-23-16-10-19(11-17-23)26(31)24-25(18-8-14-22(35-3)15-9-18)30(28(33)27(24)32)21-12-6-20(7-13-21)29(34)37-5-2/h6-17,25,31H,4-5H2,1-3H3/b26-24+. The molecule has 1 atom stereocenters. The molecule has 8 nitrogen and oxygen atoms in total. The molecule has 190 valence electrons. The molecule has 0 saturated carbocycles. The lowest BCUT2D eigenvalue weighted by molar-refractivity contribution is -0.132. The number of anilines is 1. The van der Waals surface area contributed by atoms with Gasteiger partial charge in [-0.1, -0.05) is 12.1 Å². The van der Waals surface area contributed by atoms with Gasteiger partial charge in [0, 0.05) is 11.3 Å². The fourth-order valence-corrected chi connectivity index (χ4v) is 4.20. The maximum absolute atomic E-state index is 13.3. The van der Waals surface area contributed by atoms with Crippen LogP contribution < -0.4 is 14.4 Å². The van der Waals surface area contributed by atoms with Gasteiger partial charge < -0.3 is 19.3 Å². The summed E-state index contributed by atoms with van der Waals surface area (Å²) in [7, 11) is 1.54. The van der Waals surface area contributed by atoms with Gasteiger partial charge in [-0.25, -0.2) is 4.79 Å². The lowest BCUT2D eigenvalue weighted by Crippen LogP contribution is -2.29. The van der Waals surface area contributed by atoms with E-state index in [4.69, 9.17) is 14.2 Å². The van der Waals surface area contributed by atoms with Crippen LogP contribution in [0.15, 0.2) is 78.4 Å². The van der Waals surface area contributed by atoms with E-state index in [1.807, 2.05) is 6.92 Å². The first-order valence-corrected chi connectivity index (χ1v) is 11.8. The van der Waals surface area contributed by atoms with Gasteiger partial charge in [0.1, 0.15) is 17.3 Å². The number of rotatable bonds is 8. The van der Waals surface area contributed by atoms with Crippen molar-refractivity contribution in [2.24, 2.45) is 0 Å². The van der Waals surface area contributed by atoms with Gasteiger partial charge in [-0.2, -0.15) is 0 Å². The second-order valence-corrected chi connectivity index (χ2v) is 8.17. The molecular weight excluding hydrogens is 474 g/mol. The summed E-state index contributed by atoms with van der Waals surface area (Å²) < 4.78 is 15.7. The second-order valence-electron chi connectivity index (χ2n) is 8.17. The molecule has 1 saturated heterocycles. The molecule has 3 aromatic rings. The number of hydrogen-bond acceptors (Lipinski definition) is 7. The smallest absolute Gasteiger partial charge is 0.338 e. The van der Waals surface area contributed by atoms with Crippen molar-refractivity contribution in [1.82, 2.24) is 0 Å². The third kappa shape index (κ3) is 5.04. The molecule has 0 aliphatic carbocycles. The van der Waals surface area contributed by atoms with Crippen LogP contribution in [0.5, 0.6) is 11.5 Å². The summed E-state index contributed by atoms with van der Waals surface area (Å²) in [5, 5.41) is 11.3. The highest BCUT2D eigenvalue weighted by molar-refractivity contribution is 6.51. The summed E-state index contributed by atoms with van der Waals surface area (Å²) in [5.41, 5.74) is 1.63. The highest BCUT2D eigenvalue weighted by Gasteiger charge is 2.47. The molecule has 1 unspecified atom stereocenters. The number of Topliss-reactive ketones (excluding diaryl/α,β-unsaturated/α-hetero) is 1. The van der Waals surface area contributed by atoms with Crippen molar-refractivity contribution in [3.05, 3.63) is 95.1 Å². The normalized spacial score (nSPS) is 16.5. The first-order chi connectivity index (χ1) is 17.9. The van der Waals surface area contributed by atoms with E-state index in [9.17, 15) is 19.5 Å². The quantitative estimate of drug-likeness (QED) is 0.203. The third-order valence-electron chi connectivity index (χ3n) is 5.97. The monoisotopic (exact) mass is 501 g/mol. The van der Waals surface area contributed by atoms with Crippen LogP contribution in [0, 0.1) is 0 Å². The maximum atomic E-state index is 13.3. The number of hydrogen-bond donors (Lipinski definition) is 1. The Kier molecular flexibility index (Phi) is 7.57. The van der Waals surface area contributed by atoms with Gasteiger partial charge in [-0.05, 0) is 80.1 Å². The molecule has 1 heterocycles. The van der Waals surface area contributed by atoms with Crippen molar-refractivity contribution >= 4 is 29.1 Å². The van der Waals surface area contributed by atoms with Gasteiger partial charge in [0.15, 0.2) is 0 Å². The molecule has 1 aliphatic rings. The third-order valence-corrected chi connectivity index (χ3v) is 5.97. The second kappa shape index (κ2) is 11.0. The lowest BCUT2D eigenvalue weighted by Gasteiger charge is -2.25. The number of benzene rings is 3. The van der Waals surface area contributed by atoms with Crippen molar-refractivity contribution in [2.45, 2.75) is 19.9 Å². The highest BCUT2D eigenvalue weighted by Crippen LogP contribution is 2.42. The Bertz CT molecular complexity index is 1330. The molecule has 4 rings (SSSR count). The molecule has 0 spiro atoms. The lowest BCUT2D eigenvalue weighted by atomic mass is 9.95. The fourth-order valence-electron chi connectivity index (χ4n) is 4.20. The van der Waals surface area contributed by atoms with Crippen molar-refractivity contribution in [3.8, 4) is 11.5 Å². The Morgan fingerprint density at radius 1 is 0.838 bits per heavy atom. The number of esters is 1. The number of aliphatic hydroxyl groups is 1. The van der Waals surface area contributed by atoms with Crippen LogP contribution in [0.25, 0.3) is 5.76 Å². The highest BCUT2D eigenvalue weighted by atomic mass is 16.5. The predicted octanol–water partition coefficient (Wildman–Crippen LogP) is 4.90. The Morgan fingerprint density at radius 3 is 2.00 bits per heavy atom. The summed E-state index contributed by atoms with van der Waals surface area (Å²) in [6.45, 7) is 4.30. The molecule has 1 aliphatic heterocycles. The first kappa shape index (κ1) is 25.5. The number of carbonyl (C=O) groups is 3. The summed E-state index contributed by atoms with van der Waals surface area (Å²) in [6, 6.07) is 18.8. The predicted molar refractivity (Wildman–Crippen MR) is 138 cm³/mol. The molecule has 0 bridgehead atoms. The number of nitrogens with zero attached hydrogens (tertiary/aromatic N) is 1. The van der Waals surface area contributed by atoms with E-state index in [0.29, 0.717) is 40.5 Å². The number of ketones is 1. The van der Waals surface area contributed by atoms with Crippen LogP contribution in [0.4, 0.5) is 5.69 Å². The van der Waals surface area contributed by atoms with Gasteiger partial charge in [0.05, 0.1) is 37.5 Å². The van der Waals surface area contributed by atoms with Crippen LogP contribution in [0.1, 0.15) is 41.4 Å². The van der Waals surface area contributed by atoms with Crippen molar-refractivity contribution in [3.63, 3.8) is 0 Å². The van der Waals surface area contributed by atoms with Crippen LogP contribution in [0.3, 0.4) is 0 Å². The fraction of sp³-hybridized carbons (Fsp3) is 0.207. The van der Waals surface area contributed by atoms with Crippen LogP contribution >= 0.6 is 0 Å². The minimum Gasteiger partial charge on any atom is -0.507 e. The molecule has 1 fully saturated rings. The minimum atomic E-state index is -0.911. The largest absolute Gasteiger partial charge is 0.507 e. The van der Waals surface area contributed by atoms with Gasteiger partial charge in [0.2, 0.25) is 0 Å². The first-order valence-electron chi connectivity index (χ1n) is 11.8. The molecule has 1 amide bonds. The summed E-state index contributed by atoms with van der Waals surface area (Å²) >= 11 is 0. The minimum absolute atomic E-state index is 0.0474. The van der Waals surface area contributed by atoms with Crippen molar-refractivity contribution in [2.75, 3.05) is 25.2 Å². The zero-order valence-corrected chi connectivity index (χ0v) is 20.8. The topological polar surface area (TPSA) is 102 Å². The molecule has 0 aromatic heterocycles. The number of carbonyl (C=O) groups excluding carboxylic acids is 3. The molecule has 37 heavy (non-hydrogen) atoms. The molecule has 1 N–H and O–H groups in total. The summed E-state index contributed by atoms with van der Waals surface area (Å²) in [6.07, 6.45) is 0. The number of aliphatic hydroxyl groups excluding tert-OH is 1. The average molecular weight is 502 g/mol. The van der Waals surface area contributed by atoms with Crippen LogP contribution in [-0.4, -0.2) is 43.1 Å². The van der Waals surface area contributed by atoms with E-state index < -0.39 is 23.7 Å². The zero-order valence-electron chi connectivity index (χ0n) is 20.8. The average Bonchev–Trinajstić information content (AvgIpc) is 3.19. The Hall–Kier alpha value is -4.59.